The normalized spacial score (nSPS) is 14.7. The Morgan fingerprint density at radius 1 is 1.39 bits per heavy atom. The highest BCUT2D eigenvalue weighted by atomic mass is 16.5. The van der Waals surface area contributed by atoms with Crippen molar-refractivity contribution in [2.75, 3.05) is 19.7 Å². The van der Waals surface area contributed by atoms with Crippen LogP contribution in [-0.4, -0.2) is 37.6 Å². The van der Waals surface area contributed by atoms with Gasteiger partial charge < -0.3 is 15.4 Å². The molecule has 0 aromatic rings. The maximum atomic E-state index is 11.3. The van der Waals surface area contributed by atoms with Gasteiger partial charge in [0.05, 0.1) is 6.61 Å². The quantitative estimate of drug-likeness (QED) is 0.362. The fraction of sp³-hybridized carbons (Fsp3) is 0.692. The summed E-state index contributed by atoms with van der Waals surface area (Å²) in [7, 11) is 0. The summed E-state index contributed by atoms with van der Waals surface area (Å²) in [5.41, 5.74) is 0. The average Bonchev–Trinajstić information content (AvgIpc) is 3.12. The van der Waals surface area contributed by atoms with Crippen LogP contribution in [0.4, 0.5) is 0 Å². The van der Waals surface area contributed by atoms with Crippen molar-refractivity contribution in [1.82, 2.24) is 10.6 Å². The Morgan fingerprint density at radius 2 is 2.17 bits per heavy atom. The first-order chi connectivity index (χ1) is 8.72. The van der Waals surface area contributed by atoms with Crippen LogP contribution in [-0.2, 0) is 14.3 Å². The second-order valence-electron chi connectivity index (χ2n) is 4.30. The maximum Gasteiger partial charge on any atom is 0.330 e. The van der Waals surface area contributed by atoms with Gasteiger partial charge in [0.2, 0.25) is 5.91 Å². The molecular formula is C13H22N2O3. The molecule has 1 saturated carbocycles. The zero-order valence-electron chi connectivity index (χ0n) is 10.9. The Morgan fingerprint density at radius 3 is 2.83 bits per heavy atom. The lowest BCUT2D eigenvalue weighted by Crippen LogP contribution is -2.26. The van der Waals surface area contributed by atoms with Crippen LogP contribution in [0.2, 0.25) is 0 Å². The Bertz CT molecular complexity index is 299. The molecule has 0 aliphatic heterocycles. The third-order valence-electron chi connectivity index (χ3n) is 2.50. The highest BCUT2D eigenvalue weighted by Crippen LogP contribution is 2.18. The maximum absolute atomic E-state index is 11.3. The molecule has 1 rings (SSSR count). The number of hydrogen-bond donors (Lipinski definition) is 2. The summed E-state index contributed by atoms with van der Waals surface area (Å²) in [6.45, 7) is 3.55. The van der Waals surface area contributed by atoms with Crippen LogP contribution in [0, 0.1) is 0 Å². The van der Waals surface area contributed by atoms with E-state index in [4.69, 9.17) is 4.74 Å². The van der Waals surface area contributed by atoms with Gasteiger partial charge in [0.15, 0.2) is 0 Å². The van der Waals surface area contributed by atoms with Crippen LogP contribution in [0.1, 0.15) is 32.6 Å². The summed E-state index contributed by atoms with van der Waals surface area (Å²) in [6.07, 6.45) is 6.76. The van der Waals surface area contributed by atoms with Crippen molar-refractivity contribution in [3.05, 3.63) is 12.2 Å². The minimum atomic E-state index is -0.317. The molecule has 0 atom stereocenters. The van der Waals surface area contributed by atoms with E-state index in [-0.39, 0.29) is 11.9 Å². The molecule has 1 fully saturated rings. The second kappa shape index (κ2) is 8.69. The molecule has 0 spiro atoms. The van der Waals surface area contributed by atoms with Crippen molar-refractivity contribution in [3.8, 4) is 0 Å². The molecule has 0 saturated heterocycles. The lowest BCUT2D eigenvalue weighted by Gasteiger charge is -2.03. The number of nitrogens with one attached hydrogen (secondary N) is 2. The van der Waals surface area contributed by atoms with E-state index in [0.717, 1.165) is 25.8 Å². The molecule has 0 heterocycles. The van der Waals surface area contributed by atoms with E-state index in [1.165, 1.54) is 6.08 Å². The minimum Gasteiger partial charge on any atom is -0.463 e. The van der Waals surface area contributed by atoms with Gasteiger partial charge in [-0.15, -0.1) is 0 Å². The molecule has 0 bridgehead atoms. The zero-order valence-corrected chi connectivity index (χ0v) is 10.9. The van der Waals surface area contributed by atoms with E-state index in [1.807, 2.05) is 0 Å². The highest BCUT2D eigenvalue weighted by molar-refractivity contribution is 5.81. The van der Waals surface area contributed by atoms with Crippen LogP contribution >= 0.6 is 0 Å². The molecular weight excluding hydrogens is 232 g/mol. The largest absolute Gasteiger partial charge is 0.463 e. The molecule has 18 heavy (non-hydrogen) atoms. The van der Waals surface area contributed by atoms with Crippen molar-refractivity contribution in [1.29, 1.82) is 0 Å². The first kappa shape index (κ1) is 14.7. The molecule has 1 amide bonds. The van der Waals surface area contributed by atoms with Gasteiger partial charge >= 0.3 is 5.97 Å². The summed E-state index contributed by atoms with van der Waals surface area (Å²) in [5.74, 6) is -0.176. The van der Waals surface area contributed by atoms with Gasteiger partial charge in [-0.1, -0.05) is 6.08 Å². The molecule has 1 aliphatic carbocycles. The molecule has 102 valence electrons. The monoisotopic (exact) mass is 254 g/mol. The lowest BCUT2D eigenvalue weighted by molar-refractivity contribution is -0.137. The van der Waals surface area contributed by atoms with Crippen molar-refractivity contribution >= 4 is 11.9 Å². The van der Waals surface area contributed by atoms with Crippen LogP contribution in [0.5, 0.6) is 0 Å². The zero-order chi connectivity index (χ0) is 13.2. The van der Waals surface area contributed by atoms with Gasteiger partial charge in [0, 0.05) is 25.1 Å². The fourth-order valence-corrected chi connectivity index (χ4v) is 1.43. The molecule has 0 radical (unpaired) electrons. The van der Waals surface area contributed by atoms with Gasteiger partial charge in [0.1, 0.15) is 0 Å². The summed E-state index contributed by atoms with van der Waals surface area (Å²) in [5, 5.41) is 6.08. The Kier molecular flexibility index (Phi) is 7.10. The van der Waals surface area contributed by atoms with Gasteiger partial charge in [0.25, 0.3) is 0 Å². The highest BCUT2D eigenvalue weighted by Gasteiger charge is 2.22. The molecule has 2 N–H and O–H groups in total. The Hall–Kier alpha value is -1.36. The topological polar surface area (TPSA) is 67.4 Å². The van der Waals surface area contributed by atoms with E-state index < -0.39 is 0 Å². The predicted octanol–water partition coefficient (Wildman–Crippen LogP) is 0.754. The molecule has 5 heteroatoms. The number of ether oxygens (including phenoxy) is 1. The standard InChI is InChI=1S/C13H22N2O3/c1-2-18-13(17)6-4-10-14-9-3-5-12(16)15-11-7-8-11/h4,6,11,14H,2-3,5,7-10H2,1H3,(H,15,16)/b6-4+. The molecule has 0 aromatic heterocycles. The first-order valence-corrected chi connectivity index (χ1v) is 6.55. The van der Waals surface area contributed by atoms with Crippen molar-refractivity contribution in [2.24, 2.45) is 0 Å². The number of carbonyl (C=O) groups excluding carboxylic acids is 2. The van der Waals surface area contributed by atoms with Crippen molar-refractivity contribution < 1.29 is 14.3 Å². The van der Waals surface area contributed by atoms with E-state index >= 15 is 0 Å². The SMILES string of the molecule is CCOC(=O)/C=C/CNCCCC(=O)NC1CC1. The van der Waals surface area contributed by atoms with Gasteiger partial charge in [-0.3, -0.25) is 4.79 Å². The molecule has 0 unspecified atom stereocenters. The molecule has 5 nitrogen and oxygen atoms in total. The average molecular weight is 254 g/mol. The summed E-state index contributed by atoms with van der Waals surface area (Å²) in [4.78, 5) is 22.3. The Balaban J connectivity index is 1.88. The van der Waals surface area contributed by atoms with E-state index in [2.05, 4.69) is 10.6 Å². The van der Waals surface area contributed by atoms with Crippen LogP contribution in [0.15, 0.2) is 12.2 Å². The van der Waals surface area contributed by atoms with Crippen molar-refractivity contribution in [2.45, 2.75) is 38.6 Å². The summed E-state index contributed by atoms with van der Waals surface area (Å²) in [6, 6.07) is 0.443. The second-order valence-corrected chi connectivity index (χ2v) is 4.30. The number of rotatable bonds is 9. The Labute approximate surface area is 108 Å². The fourth-order valence-electron chi connectivity index (χ4n) is 1.43. The smallest absolute Gasteiger partial charge is 0.330 e. The molecule has 0 aromatic carbocycles. The van der Waals surface area contributed by atoms with Crippen LogP contribution < -0.4 is 10.6 Å². The number of carbonyl (C=O) groups is 2. The van der Waals surface area contributed by atoms with Gasteiger partial charge in [-0.25, -0.2) is 4.79 Å². The van der Waals surface area contributed by atoms with Gasteiger partial charge in [-0.05, 0) is 32.7 Å². The molecule has 1 aliphatic rings. The first-order valence-electron chi connectivity index (χ1n) is 6.55. The van der Waals surface area contributed by atoms with E-state index in [1.54, 1.807) is 13.0 Å². The summed E-state index contributed by atoms with van der Waals surface area (Å²) < 4.78 is 4.74. The van der Waals surface area contributed by atoms with Crippen molar-refractivity contribution in [3.63, 3.8) is 0 Å². The number of esters is 1. The third-order valence-corrected chi connectivity index (χ3v) is 2.50. The van der Waals surface area contributed by atoms with E-state index in [9.17, 15) is 9.59 Å². The minimum absolute atomic E-state index is 0.140. The predicted molar refractivity (Wildman–Crippen MR) is 69.0 cm³/mol. The third kappa shape index (κ3) is 7.84. The van der Waals surface area contributed by atoms with E-state index in [0.29, 0.717) is 25.6 Å². The van der Waals surface area contributed by atoms with Crippen LogP contribution in [0.3, 0.4) is 0 Å². The van der Waals surface area contributed by atoms with Crippen LogP contribution in [0.25, 0.3) is 0 Å². The number of amides is 1. The lowest BCUT2D eigenvalue weighted by atomic mass is 10.3. The number of hydrogen-bond acceptors (Lipinski definition) is 4. The summed E-state index contributed by atoms with van der Waals surface area (Å²) >= 11 is 0. The van der Waals surface area contributed by atoms with Gasteiger partial charge in [-0.2, -0.15) is 0 Å².